The van der Waals surface area contributed by atoms with Crippen molar-refractivity contribution in [2.75, 3.05) is 40.4 Å². The van der Waals surface area contributed by atoms with Crippen molar-refractivity contribution in [2.45, 2.75) is 44.0 Å². The number of aryl methyl sites for hydroxylation is 2. The molecule has 3 rings (SSSR count). The van der Waals surface area contributed by atoms with Gasteiger partial charge in [-0.2, -0.15) is 4.31 Å². The molecule has 0 aliphatic carbocycles. The standard InChI is InChI=1S/C19H30N2O4S.CH2O2/c1-14-10-16(25-4)17(11-15(14)2)26(23,24)21-9-7-19(13-22)6-5-8-20(3)18(19)12-21;2-1-3/h10-11,18,22H,5-9,12-13H2,1-4H3;1H,(H,2,3)/t18-,19-;/m1./s1. The molecule has 0 unspecified atom stereocenters. The van der Waals surface area contributed by atoms with Gasteiger partial charge in [0.2, 0.25) is 10.0 Å². The van der Waals surface area contributed by atoms with E-state index < -0.39 is 10.0 Å². The number of likely N-dealkylation sites (N-methyl/N-ethyl adjacent to an activating group) is 1. The molecule has 0 saturated carbocycles. The number of carbonyl (C=O) groups is 1. The van der Waals surface area contributed by atoms with Crippen molar-refractivity contribution in [3.05, 3.63) is 23.3 Å². The first kappa shape index (κ1) is 23.6. The first-order valence-electron chi connectivity index (χ1n) is 9.71. The van der Waals surface area contributed by atoms with Crippen molar-refractivity contribution < 1.29 is 28.2 Å². The van der Waals surface area contributed by atoms with Crippen LogP contribution in [0.25, 0.3) is 0 Å². The van der Waals surface area contributed by atoms with Crippen LogP contribution in [0, 0.1) is 19.3 Å². The van der Waals surface area contributed by atoms with E-state index in [4.69, 9.17) is 14.6 Å². The third kappa shape index (κ3) is 4.58. The van der Waals surface area contributed by atoms with Gasteiger partial charge >= 0.3 is 0 Å². The predicted octanol–water partition coefficient (Wildman–Crippen LogP) is 1.48. The van der Waals surface area contributed by atoms with Crippen molar-refractivity contribution in [1.29, 1.82) is 0 Å². The van der Waals surface area contributed by atoms with E-state index in [1.54, 1.807) is 16.4 Å². The zero-order chi connectivity index (χ0) is 21.8. The predicted molar refractivity (Wildman–Crippen MR) is 110 cm³/mol. The van der Waals surface area contributed by atoms with Gasteiger partial charge in [-0.3, -0.25) is 4.79 Å². The molecule has 2 aliphatic rings. The third-order valence-corrected chi connectivity index (χ3v) is 8.26. The number of methoxy groups -OCH3 is 1. The maximum atomic E-state index is 13.4. The number of hydrogen-bond donors (Lipinski definition) is 2. The average Bonchev–Trinajstić information content (AvgIpc) is 2.70. The lowest BCUT2D eigenvalue weighted by atomic mass is 9.69. The van der Waals surface area contributed by atoms with Crippen LogP contribution in [-0.4, -0.2) is 80.7 Å². The summed E-state index contributed by atoms with van der Waals surface area (Å²) < 4.78 is 33.7. The van der Waals surface area contributed by atoms with Crippen LogP contribution in [0.1, 0.15) is 30.4 Å². The molecule has 2 heterocycles. The van der Waals surface area contributed by atoms with E-state index in [0.717, 1.165) is 30.5 Å². The normalized spacial score (nSPS) is 25.5. The van der Waals surface area contributed by atoms with E-state index in [9.17, 15) is 13.5 Å². The highest BCUT2D eigenvalue weighted by Crippen LogP contribution is 2.43. The smallest absolute Gasteiger partial charge is 0.290 e. The highest BCUT2D eigenvalue weighted by Gasteiger charge is 2.49. The fourth-order valence-corrected chi connectivity index (χ4v) is 6.14. The van der Waals surface area contributed by atoms with Crippen molar-refractivity contribution in [1.82, 2.24) is 9.21 Å². The van der Waals surface area contributed by atoms with Crippen molar-refractivity contribution in [3.63, 3.8) is 0 Å². The fraction of sp³-hybridized carbons (Fsp3) is 0.650. The maximum absolute atomic E-state index is 13.4. The number of sulfonamides is 1. The van der Waals surface area contributed by atoms with E-state index >= 15 is 0 Å². The Bertz CT molecular complexity index is 829. The minimum absolute atomic E-state index is 0.0438. The zero-order valence-electron chi connectivity index (χ0n) is 17.6. The van der Waals surface area contributed by atoms with Crippen LogP contribution in [0.3, 0.4) is 0 Å². The number of fused-ring (bicyclic) bond motifs is 1. The molecule has 2 saturated heterocycles. The average molecular weight is 429 g/mol. The molecular formula is C20H32N2O6S. The molecule has 1 aromatic rings. The van der Waals surface area contributed by atoms with Crippen LogP contribution in [0.15, 0.2) is 17.0 Å². The summed E-state index contributed by atoms with van der Waals surface area (Å²) in [6, 6.07) is 3.54. The van der Waals surface area contributed by atoms with E-state index in [1.165, 1.54) is 7.11 Å². The molecule has 2 N–H and O–H groups in total. The minimum atomic E-state index is -3.65. The molecule has 0 spiro atoms. The van der Waals surface area contributed by atoms with Crippen LogP contribution in [0.5, 0.6) is 5.75 Å². The molecular weight excluding hydrogens is 396 g/mol. The second-order valence-electron chi connectivity index (χ2n) is 7.93. The Morgan fingerprint density at radius 3 is 2.45 bits per heavy atom. The number of nitrogens with zero attached hydrogens (tertiary/aromatic N) is 2. The maximum Gasteiger partial charge on any atom is 0.290 e. The van der Waals surface area contributed by atoms with Gasteiger partial charge in [0.15, 0.2) is 0 Å². The van der Waals surface area contributed by atoms with Crippen LogP contribution >= 0.6 is 0 Å². The molecule has 0 aromatic heterocycles. The molecule has 2 aliphatic heterocycles. The molecule has 2 fully saturated rings. The van der Waals surface area contributed by atoms with Crippen LogP contribution in [0.2, 0.25) is 0 Å². The number of aliphatic hydroxyl groups is 1. The van der Waals surface area contributed by atoms with Gasteiger partial charge in [-0.25, -0.2) is 8.42 Å². The molecule has 9 heteroatoms. The van der Waals surface area contributed by atoms with Crippen LogP contribution in [0.4, 0.5) is 0 Å². The number of ether oxygens (including phenoxy) is 1. The number of piperidine rings is 2. The number of rotatable bonds is 4. The molecule has 29 heavy (non-hydrogen) atoms. The molecule has 2 atom stereocenters. The monoisotopic (exact) mass is 428 g/mol. The highest BCUT2D eigenvalue weighted by atomic mass is 32.2. The van der Waals surface area contributed by atoms with Crippen molar-refractivity contribution in [2.24, 2.45) is 5.41 Å². The Morgan fingerprint density at radius 2 is 1.86 bits per heavy atom. The van der Waals surface area contributed by atoms with Gasteiger partial charge in [0.05, 0.1) is 13.7 Å². The lowest BCUT2D eigenvalue weighted by Gasteiger charge is -2.53. The lowest BCUT2D eigenvalue weighted by Crippen LogP contribution is -2.62. The van der Waals surface area contributed by atoms with Gasteiger partial charge in [0, 0.05) is 24.5 Å². The minimum Gasteiger partial charge on any atom is -0.495 e. The van der Waals surface area contributed by atoms with Crippen molar-refractivity contribution >= 4 is 16.5 Å². The zero-order valence-corrected chi connectivity index (χ0v) is 18.4. The molecule has 0 amide bonds. The summed E-state index contributed by atoms with van der Waals surface area (Å²) in [5, 5.41) is 16.9. The molecule has 8 nitrogen and oxygen atoms in total. The van der Waals surface area contributed by atoms with Crippen LogP contribution in [-0.2, 0) is 14.8 Å². The SMILES string of the molecule is COc1cc(C)c(C)cc1S(=O)(=O)N1CC[C@@]2(CO)CCCN(C)[C@@H]2C1.O=CO. The van der Waals surface area contributed by atoms with Crippen LogP contribution < -0.4 is 4.74 Å². The first-order valence-corrected chi connectivity index (χ1v) is 11.1. The summed E-state index contributed by atoms with van der Waals surface area (Å²) >= 11 is 0. The topological polar surface area (TPSA) is 107 Å². The quantitative estimate of drug-likeness (QED) is 0.700. The fourth-order valence-electron chi connectivity index (χ4n) is 4.47. The van der Waals surface area contributed by atoms with Gasteiger partial charge in [-0.05, 0) is 70.0 Å². The molecule has 1 aromatic carbocycles. The van der Waals surface area contributed by atoms with Gasteiger partial charge in [0.1, 0.15) is 10.6 Å². The number of hydrogen-bond acceptors (Lipinski definition) is 6. The summed E-state index contributed by atoms with van der Waals surface area (Å²) in [7, 11) is -0.119. The summed E-state index contributed by atoms with van der Waals surface area (Å²) in [6.45, 7) is 5.51. The van der Waals surface area contributed by atoms with Gasteiger partial charge in [0.25, 0.3) is 6.47 Å². The molecule has 0 radical (unpaired) electrons. The van der Waals surface area contributed by atoms with E-state index in [2.05, 4.69) is 4.90 Å². The highest BCUT2D eigenvalue weighted by molar-refractivity contribution is 7.89. The lowest BCUT2D eigenvalue weighted by molar-refractivity contribution is -0.122. The second-order valence-corrected chi connectivity index (χ2v) is 9.83. The summed E-state index contributed by atoms with van der Waals surface area (Å²) in [6.07, 6.45) is 2.69. The Kier molecular flexibility index (Phi) is 7.67. The first-order chi connectivity index (χ1) is 13.7. The molecule has 0 bridgehead atoms. The summed E-state index contributed by atoms with van der Waals surface area (Å²) in [5.41, 5.74) is 1.75. The number of benzene rings is 1. The van der Waals surface area contributed by atoms with Gasteiger partial charge in [-0.15, -0.1) is 0 Å². The molecule has 164 valence electrons. The summed E-state index contributed by atoms with van der Waals surface area (Å²) in [4.78, 5) is 10.8. The van der Waals surface area contributed by atoms with E-state index in [-0.39, 0.29) is 29.4 Å². The Morgan fingerprint density at radius 1 is 1.24 bits per heavy atom. The Labute approximate surface area is 173 Å². The van der Waals surface area contributed by atoms with Crippen molar-refractivity contribution in [3.8, 4) is 5.75 Å². The number of carboxylic acid groups (broad SMARTS) is 1. The van der Waals surface area contributed by atoms with Gasteiger partial charge in [-0.1, -0.05) is 0 Å². The van der Waals surface area contributed by atoms with E-state index in [1.807, 2.05) is 20.9 Å². The Balaban J connectivity index is 0.000000941. The number of likely N-dealkylation sites (tertiary alicyclic amines) is 1. The van der Waals surface area contributed by atoms with E-state index in [0.29, 0.717) is 25.3 Å². The van der Waals surface area contributed by atoms with Gasteiger partial charge < -0.3 is 19.8 Å². The number of aliphatic hydroxyl groups excluding tert-OH is 1. The largest absolute Gasteiger partial charge is 0.495 e. The summed E-state index contributed by atoms with van der Waals surface area (Å²) in [5.74, 6) is 0.393. The third-order valence-electron chi connectivity index (χ3n) is 6.37. The second kappa shape index (κ2) is 9.42. The Hall–Kier alpha value is -1.68.